The van der Waals surface area contributed by atoms with E-state index in [1.807, 2.05) is 68.4 Å². The third kappa shape index (κ3) is 7.99. The van der Waals surface area contributed by atoms with Gasteiger partial charge in [-0.1, -0.05) is 98.6 Å². The molecule has 3 rings (SSSR count). The van der Waals surface area contributed by atoms with E-state index >= 15 is 0 Å². The van der Waals surface area contributed by atoms with Gasteiger partial charge in [0.25, 0.3) is 5.91 Å². The van der Waals surface area contributed by atoms with Crippen LogP contribution in [0.4, 0.5) is 0 Å². The molecule has 0 aromatic heterocycles. The Hall–Kier alpha value is -3.02. The van der Waals surface area contributed by atoms with Crippen LogP contribution in [0.5, 0.6) is 5.75 Å². The molecule has 0 saturated carbocycles. The number of hydrogen-bond acceptors (Lipinski definition) is 3. The maximum Gasteiger partial charge on any atom is 0.261 e. The zero-order valence-electron chi connectivity index (χ0n) is 22.4. The Morgan fingerprint density at radius 2 is 1.53 bits per heavy atom. The molecule has 3 aromatic carbocycles. The molecule has 3 aromatic rings. The summed E-state index contributed by atoms with van der Waals surface area (Å²) in [6.07, 6.45) is 1.10. The molecule has 0 aliphatic heterocycles. The van der Waals surface area contributed by atoms with Gasteiger partial charge in [-0.3, -0.25) is 9.59 Å². The van der Waals surface area contributed by atoms with Crippen molar-refractivity contribution in [2.24, 2.45) is 0 Å². The molecule has 1 N–H and O–H groups in total. The quantitative estimate of drug-likeness (QED) is 0.261. The molecule has 5 nitrogen and oxygen atoms in total. The fourth-order valence-electron chi connectivity index (χ4n) is 4.16. The Morgan fingerprint density at radius 1 is 0.895 bits per heavy atom. The lowest BCUT2D eigenvalue weighted by Gasteiger charge is -2.32. The first-order valence-corrected chi connectivity index (χ1v) is 13.7. The van der Waals surface area contributed by atoms with E-state index in [1.54, 1.807) is 18.2 Å². The van der Waals surface area contributed by atoms with Crippen molar-refractivity contribution < 1.29 is 14.3 Å². The smallest absolute Gasteiger partial charge is 0.261 e. The molecular formula is C31H36Cl2N2O3. The van der Waals surface area contributed by atoms with Crippen molar-refractivity contribution in [3.8, 4) is 5.75 Å². The minimum atomic E-state index is -0.796. The zero-order valence-corrected chi connectivity index (χ0v) is 23.9. The van der Waals surface area contributed by atoms with Crippen LogP contribution in [-0.4, -0.2) is 35.4 Å². The van der Waals surface area contributed by atoms with Gasteiger partial charge in [-0.05, 0) is 48.6 Å². The van der Waals surface area contributed by atoms with Gasteiger partial charge in [-0.25, -0.2) is 0 Å². The van der Waals surface area contributed by atoms with E-state index < -0.39 is 6.04 Å². The number of ether oxygens (including phenoxy) is 1. The first-order valence-electron chi connectivity index (χ1n) is 13.0. The van der Waals surface area contributed by atoms with Gasteiger partial charge in [0.15, 0.2) is 6.61 Å². The van der Waals surface area contributed by atoms with Gasteiger partial charge in [0.1, 0.15) is 11.8 Å². The predicted octanol–water partition coefficient (Wildman–Crippen LogP) is 7.05. The lowest BCUT2D eigenvalue weighted by Crippen LogP contribution is -2.53. The van der Waals surface area contributed by atoms with Gasteiger partial charge in [-0.15, -0.1) is 0 Å². The molecule has 2 amide bonds. The van der Waals surface area contributed by atoms with Crippen LogP contribution in [0.2, 0.25) is 10.0 Å². The number of nitrogens with one attached hydrogen (secondary N) is 1. The Morgan fingerprint density at radius 3 is 2.16 bits per heavy atom. The summed E-state index contributed by atoms with van der Waals surface area (Å²) in [5.74, 6) is 0.309. The highest BCUT2D eigenvalue weighted by atomic mass is 35.5. The highest BCUT2D eigenvalue weighted by Gasteiger charge is 2.32. The van der Waals surface area contributed by atoms with Gasteiger partial charge >= 0.3 is 0 Å². The average Bonchev–Trinajstić information content (AvgIpc) is 2.91. The fourth-order valence-corrected chi connectivity index (χ4v) is 4.68. The van der Waals surface area contributed by atoms with Crippen LogP contribution in [0.1, 0.15) is 56.7 Å². The second-order valence-corrected chi connectivity index (χ2v) is 10.5. The standard InChI is InChI=1S/C31H36Cl2N2O3/c1-5-22(4)34-31(37)28(18-23-12-7-6-8-13-23)35(19-25-26(32)15-11-16-27(25)33)30(36)20-38-29-17-10-9-14-24(29)21(2)3/h6-17,21-22,28H,5,18-20H2,1-4H3,(H,34,37)/t22-,28+/m1/s1. The van der Waals surface area contributed by atoms with Gasteiger partial charge in [-0.2, -0.15) is 0 Å². The minimum absolute atomic E-state index is 0.0456. The molecule has 202 valence electrons. The van der Waals surface area contributed by atoms with Gasteiger partial charge in [0.05, 0.1) is 0 Å². The predicted molar refractivity (Wildman–Crippen MR) is 155 cm³/mol. The number of benzene rings is 3. The molecule has 0 aliphatic rings. The number of hydrogen-bond donors (Lipinski definition) is 1. The third-order valence-electron chi connectivity index (χ3n) is 6.55. The van der Waals surface area contributed by atoms with Crippen molar-refractivity contribution in [2.45, 2.75) is 65.1 Å². The Labute approximate surface area is 236 Å². The van der Waals surface area contributed by atoms with E-state index in [0.29, 0.717) is 27.8 Å². The monoisotopic (exact) mass is 554 g/mol. The van der Waals surface area contributed by atoms with Crippen LogP contribution in [0.3, 0.4) is 0 Å². The van der Waals surface area contributed by atoms with E-state index in [4.69, 9.17) is 27.9 Å². The number of rotatable bonds is 12. The van der Waals surface area contributed by atoms with Gasteiger partial charge in [0.2, 0.25) is 5.91 Å². The number of amides is 2. The molecule has 7 heteroatoms. The van der Waals surface area contributed by atoms with E-state index in [0.717, 1.165) is 17.5 Å². The lowest BCUT2D eigenvalue weighted by atomic mass is 10.0. The van der Waals surface area contributed by atoms with Crippen LogP contribution < -0.4 is 10.1 Å². The molecule has 0 aliphatic carbocycles. The number of carbonyl (C=O) groups is 2. The summed E-state index contributed by atoms with van der Waals surface area (Å²) in [5, 5.41) is 3.92. The molecule has 0 fully saturated rings. The largest absolute Gasteiger partial charge is 0.483 e. The fraction of sp³-hybridized carbons (Fsp3) is 0.355. The van der Waals surface area contributed by atoms with Crippen molar-refractivity contribution in [1.29, 1.82) is 0 Å². The number of carbonyl (C=O) groups excluding carboxylic acids is 2. The van der Waals surface area contributed by atoms with E-state index in [1.165, 1.54) is 4.90 Å². The normalized spacial score (nSPS) is 12.6. The minimum Gasteiger partial charge on any atom is -0.483 e. The summed E-state index contributed by atoms with van der Waals surface area (Å²) in [7, 11) is 0. The zero-order chi connectivity index (χ0) is 27.7. The molecule has 38 heavy (non-hydrogen) atoms. The van der Waals surface area contributed by atoms with Crippen LogP contribution in [0, 0.1) is 0 Å². The van der Waals surface area contributed by atoms with E-state index in [2.05, 4.69) is 19.2 Å². The Kier molecular flexibility index (Phi) is 11.1. The lowest BCUT2D eigenvalue weighted by molar-refractivity contribution is -0.143. The summed E-state index contributed by atoms with van der Waals surface area (Å²) >= 11 is 13.0. The molecule has 0 spiro atoms. The van der Waals surface area contributed by atoms with E-state index in [-0.39, 0.29) is 36.9 Å². The maximum absolute atomic E-state index is 13.9. The van der Waals surface area contributed by atoms with Crippen molar-refractivity contribution in [1.82, 2.24) is 10.2 Å². The SMILES string of the molecule is CC[C@@H](C)NC(=O)[C@H](Cc1ccccc1)N(Cc1c(Cl)cccc1Cl)C(=O)COc1ccccc1C(C)C. The summed E-state index contributed by atoms with van der Waals surface area (Å²) in [6.45, 7) is 7.94. The highest BCUT2D eigenvalue weighted by molar-refractivity contribution is 6.36. The van der Waals surface area contributed by atoms with Crippen LogP contribution in [-0.2, 0) is 22.6 Å². The first-order chi connectivity index (χ1) is 18.2. The number of halogens is 2. The number of nitrogens with zero attached hydrogens (tertiary/aromatic N) is 1. The molecule has 0 saturated heterocycles. The van der Waals surface area contributed by atoms with Crippen LogP contribution in [0.25, 0.3) is 0 Å². The Bertz CT molecular complexity index is 1200. The van der Waals surface area contributed by atoms with Crippen molar-refractivity contribution in [3.63, 3.8) is 0 Å². The first kappa shape index (κ1) is 29.5. The molecule has 2 atom stereocenters. The molecule has 0 bridgehead atoms. The summed E-state index contributed by atoms with van der Waals surface area (Å²) in [4.78, 5) is 29.0. The van der Waals surface area contributed by atoms with E-state index in [9.17, 15) is 9.59 Å². The molecule has 0 unspecified atom stereocenters. The van der Waals surface area contributed by atoms with Crippen molar-refractivity contribution in [2.75, 3.05) is 6.61 Å². The average molecular weight is 556 g/mol. The summed E-state index contributed by atoms with van der Waals surface area (Å²) in [5.41, 5.74) is 2.53. The summed E-state index contributed by atoms with van der Waals surface area (Å²) in [6, 6.07) is 21.7. The Balaban J connectivity index is 1.98. The number of para-hydroxylation sites is 1. The maximum atomic E-state index is 13.9. The van der Waals surface area contributed by atoms with Crippen LogP contribution in [0.15, 0.2) is 72.8 Å². The molecule has 0 heterocycles. The van der Waals surface area contributed by atoms with Gasteiger partial charge in [0, 0.05) is 34.6 Å². The second kappa shape index (κ2) is 14.2. The topological polar surface area (TPSA) is 58.6 Å². The molecule has 0 radical (unpaired) electrons. The third-order valence-corrected chi connectivity index (χ3v) is 7.26. The van der Waals surface area contributed by atoms with Gasteiger partial charge < -0.3 is 15.0 Å². The van der Waals surface area contributed by atoms with Crippen LogP contribution >= 0.6 is 23.2 Å². The second-order valence-electron chi connectivity index (χ2n) is 9.73. The summed E-state index contributed by atoms with van der Waals surface area (Å²) < 4.78 is 6.03. The van der Waals surface area contributed by atoms with Crippen molar-refractivity contribution in [3.05, 3.63) is 99.5 Å². The highest BCUT2D eigenvalue weighted by Crippen LogP contribution is 2.28. The van der Waals surface area contributed by atoms with Crippen molar-refractivity contribution >= 4 is 35.0 Å². The molecular weight excluding hydrogens is 519 g/mol.